The molecule has 0 saturated carbocycles. The highest BCUT2D eigenvalue weighted by Gasteiger charge is 2.10. The van der Waals surface area contributed by atoms with Gasteiger partial charge in [0.25, 0.3) is 0 Å². The van der Waals surface area contributed by atoms with Gasteiger partial charge in [-0.2, -0.15) is 0 Å². The van der Waals surface area contributed by atoms with Crippen LogP contribution in [-0.4, -0.2) is 34.3 Å². The number of hydrogen-bond donors (Lipinski definition) is 1. The smallest absolute Gasteiger partial charge is 0.244 e. The number of hydrogen-bond acceptors (Lipinski definition) is 5. The van der Waals surface area contributed by atoms with Gasteiger partial charge in [-0.25, -0.2) is 0 Å². The van der Waals surface area contributed by atoms with Crippen LogP contribution in [0.25, 0.3) is 6.08 Å². The first-order valence-electron chi connectivity index (χ1n) is 8.00. The molecule has 0 bridgehead atoms. The average molecular weight is 357 g/mol. The van der Waals surface area contributed by atoms with Crippen LogP contribution in [0.1, 0.15) is 11.1 Å². The third-order valence-electron chi connectivity index (χ3n) is 3.75. The van der Waals surface area contributed by atoms with Gasteiger partial charge in [-0.1, -0.05) is 12.1 Å². The van der Waals surface area contributed by atoms with Crippen LogP contribution in [0.3, 0.4) is 0 Å². The van der Waals surface area contributed by atoms with Crippen molar-refractivity contribution < 1.29 is 23.7 Å². The van der Waals surface area contributed by atoms with E-state index >= 15 is 0 Å². The molecule has 0 saturated heterocycles. The number of rotatable bonds is 8. The summed E-state index contributed by atoms with van der Waals surface area (Å²) in [4.78, 5) is 12.1. The van der Waals surface area contributed by atoms with Crippen molar-refractivity contribution in [1.29, 1.82) is 0 Å². The van der Waals surface area contributed by atoms with Crippen LogP contribution in [0.5, 0.6) is 23.0 Å². The molecule has 2 aromatic rings. The maximum Gasteiger partial charge on any atom is 0.244 e. The summed E-state index contributed by atoms with van der Waals surface area (Å²) in [6.45, 7) is 0.406. The molecule has 26 heavy (non-hydrogen) atoms. The minimum Gasteiger partial charge on any atom is -0.497 e. The number of benzene rings is 2. The molecule has 0 radical (unpaired) electrons. The van der Waals surface area contributed by atoms with Gasteiger partial charge in [-0.05, 0) is 29.8 Å². The number of nitrogens with one attached hydrogen (secondary N) is 1. The molecule has 0 heterocycles. The minimum atomic E-state index is -0.218. The Morgan fingerprint density at radius 1 is 0.923 bits per heavy atom. The molecule has 6 heteroatoms. The molecule has 6 nitrogen and oxygen atoms in total. The van der Waals surface area contributed by atoms with Gasteiger partial charge < -0.3 is 24.3 Å². The quantitative estimate of drug-likeness (QED) is 0.736. The van der Waals surface area contributed by atoms with Crippen molar-refractivity contribution in [1.82, 2.24) is 5.32 Å². The summed E-state index contributed by atoms with van der Waals surface area (Å²) >= 11 is 0. The molecule has 2 aromatic carbocycles. The van der Waals surface area contributed by atoms with E-state index in [1.807, 2.05) is 24.3 Å². The first-order chi connectivity index (χ1) is 12.6. The Morgan fingerprint density at radius 3 is 2.27 bits per heavy atom. The lowest BCUT2D eigenvalue weighted by atomic mass is 10.1. The van der Waals surface area contributed by atoms with Gasteiger partial charge in [0.1, 0.15) is 11.5 Å². The largest absolute Gasteiger partial charge is 0.497 e. The van der Waals surface area contributed by atoms with Crippen LogP contribution < -0.4 is 24.3 Å². The Labute approximate surface area is 153 Å². The van der Waals surface area contributed by atoms with Crippen LogP contribution >= 0.6 is 0 Å². The van der Waals surface area contributed by atoms with Gasteiger partial charge in [-0.15, -0.1) is 0 Å². The molecule has 1 amide bonds. The highest BCUT2D eigenvalue weighted by molar-refractivity contribution is 5.92. The Hall–Kier alpha value is -3.15. The highest BCUT2D eigenvalue weighted by atomic mass is 16.5. The third kappa shape index (κ3) is 4.92. The SMILES string of the molecule is COc1cccc(CNC(=O)/C=C/c2cc(OC)c(OC)cc2OC)c1. The van der Waals surface area contributed by atoms with E-state index in [9.17, 15) is 4.79 Å². The normalized spacial score (nSPS) is 10.5. The van der Waals surface area contributed by atoms with Crippen molar-refractivity contribution in [3.05, 3.63) is 53.6 Å². The van der Waals surface area contributed by atoms with E-state index in [1.54, 1.807) is 46.6 Å². The van der Waals surface area contributed by atoms with Gasteiger partial charge >= 0.3 is 0 Å². The van der Waals surface area contributed by atoms with Crippen LogP contribution in [-0.2, 0) is 11.3 Å². The Kier molecular flexibility index (Phi) is 6.91. The molecule has 1 N–H and O–H groups in total. The summed E-state index contributed by atoms with van der Waals surface area (Å²) in [6, 6.07) is 11.0. The second-order valence-electron chi connectivity index (χ2n) is 5.35. The molecule has 0 aliphatic heterocycles. The molecule has 2 rings (SSSR count). The summed E-state index contributed by atoms with van der Waals surface area (Å²) in [5, 5.41) is 2.83. The van der Waals surface area contributed by atoms with Gasteiger partial charge in [0.15, 0.2) is 11.5 Å². The van der Waals surface area contributed by atoms with Crippen LogP contribution in [0.2, 0.25) is 0 Å². The lowest BCUT2D eigenvalue weighted by molar-refractivity contribution is -0.116. The van der Waals surface area contributed by atoms with Crippen LogP contribution in [0, 0.1) is 0 Å². The third-order valence-corrected chi connectivity index (χ3v) is 3.75. The maximum atomic E-state index is 12.1. The Morgan fingerprint density at radius 2 is 1.62 bits per heavy atom. The van der Waals surface area contributed by atoms with E-state index in [4.69, 9.17) is 18.9 Å². The fraction of sp³-hybridized carbons (Fsp3) is 0.250. The Balaban J connectivity index is 2.07. The second kappa shape index (κ2) is 9.36. The van der Waals surface area contributed by atoms with E-state index < -0.39 is 0 Å². The monoisotopic (exact) mass is 357 g/mol. The molecular weight excluding hydrogens is 334 g/mol. The maximum absolute atomic E-state index is 12.1. The summed E-state index contributed by atoms with van der Waals surface area (Å²) in [6.07, 6.45) is 3.12. The zero-order chi connectivity index (χ0) is 18.9. The molecule has 0 atom stereocenters. The van der Waals surface area contributed by atoms with E-state index in [0.29, 0.717) is 29.4 Å². The molecule has 0 aromatic heterocycles. The van der Waals surface area contributed by atoms with E-state index in [1.165, 1.54) is 6.08 Å². The number of amides is 1. The van der Waals surface area contributed by atoms with E-state index in [2.05, 4.69) is 5.32 Å². The van der Waals surface area contributed by atoms with Crippen molar-refractivity contribution in [2.75, 3.05) is 28.4 Å². The predicted octanol–water partition coefficient (Wildman–Crippen LogP) is 3.05. The van der Waals surface area contributed by atoms with Crippen molar-refractivity contribution in [3.8, 4) is 23.0 Å². The van der Waals surface area contributed by atoms with Gasteiger partial charge in [-0.3, -0.25) is 4.79 Å². The van der Waals surface area contributed by atoms with Crippen molar-refractivity contribution in [2.24, 2.45) is 0 Å². The summed E-state index contributed by atoms with van der Waals surface area (Å²) in [5.74, 6) is 2.24. The molecule has 138 valence electrons. The van der Waals surface area contributed by atoms with E-state index in [-0.39, 0.29) is 5.91 Å². The number of carbonyl (C=O) groups excluding carboxylic acids is 1. The lowest BCUT2D eigenvalue weighted by Gasteiger charge is -2.12. The minimum absolute atomic E-state index is 0.218. The topological polar surface area (TPSA) is 66.0 Å². The summed E-state index contributed by atoms with van der Waals surface area (Å²) in [7, 11) is 6.27. The Bertz CT molecular complexity index is 786. The number of methoxy groups -OCH3 is 4. The molecule has 0 spiro atoms. The molecule has 0 unspecified atom stereocenters. The van der Waals surface area contributed by atoms with Gasteiger partial charge in [0.2, 0.25) is 5.91 Å². The summed E-state index contributed by atoms with van der Waals surface area (Å²) in [5.41, 5.74) is 1.66. The first kappa shape index (κ1) is 19.2. The second-order valence-corrected chi connectivity index (χ2v) is 5.35. The molecule has 0 aliphatic carbocycles. The van der Waals surface area contributed by atoms with Gasteiger partial charge in [0, 0.05) is 24.3 Å². The van der Waals surface area contributed by atoms with Crippen molar-refractivity contribution in [3.63, 3.8) is 0 Å². The fourth-order valence-electron chi connectivity index (χ4n) is 2.38. The zero-order valence-electron chi connectivity index (χ0n) is 15.4. The predicted molar refractivity (Wildman–Crippen MR) is 100.0 cm³/mol. The van der Waals surface area contributed by atoms with Crippen molar-refractivity contribution >= 4 is 12.0 Å². The van der Waals surface area contributed by atoms with Crippen LogP contribution in [0.15, 0.2) is 42.5 Å². The average Bonchev–Trinajstić information content (AvgIpc) is 2.69. The van der Waals surface area contributed by atoms with E-state index in [0.717, 1.165) is 11.3 Å². The molecule has 0 fully saturated rings. The van der Waals surface area contributed by atoms with Crippen molar-refractivity contribution in [2.45, 2.75) is 6.54 Å². The number of carbonyl (C=O) groups is 1. The standard InChI is InChI=1S/C20H23NO5/c1-23-16-7-5-6-14(10-16)13-21-20(22)9-8-15-11-18(25-3)19(26-4)12-17(15)24-2/h5-12H,13H2,1-4H3,(H,21,22)/b9-8+. The lowest BCUT2D eigenvalue weighted by Crippen LogP contribution is -2.20. The molecule has 0 aliphatic rings. The highest BCUT2D eigenvalue weighted by Crippen LogP contribution is 2.35. The zero-order valence-corrected chi connectivity index (χ0v) is 15.4. The number of ether oxygens (including phenoxy) is 4. The van der Waals surface area contributed by atoms with Gasteiger partial charge in [0.05, 0.1) is 28.4 Å². The van der Waals surface area contributed by atoms with Crippen LogP contribution in [0.4, 0.5) is 0 Å². The molecular formula is C20H23NO5. The fourth-order valence-corrected chi connectivity index (χ4v) is 2.38. The first-order valence-corrected chi connectivity index (χ1v) is 8.00. The summed E-state index contributed by atoms with van der Waals surface area (Å²) < 4.78 is 21.0.